The average molecular weight is 959 g/mol. The molecule has 9 aromatic rings. The molecule has 0 amide bonds. The zero-order valence-corrected chi connectivity index (χ0v) is 36.7. The summed E-state index contributed by atoms with van der Waals surface area (Å²) in [5, 5.41) is 1.71. The van der Waals surface area contributed by atoms with Crippen LogP contribution in [0, 0.1) is 25.8 Å². The molecule has 0 aliphatic carbocycles. The van der Waals surface area contributed by atoms with Gasteiger partial charge in [0.1, 0.15) is 0 Å². The number of benzene rings is 6. The second-order valence-corrected chi connectivity index (χ2v) is 16.3. The van der Waals surface area contributed by atoms with Crippen LogP contribution in [0.15, 0.2) is 134 Å². The maximum atomic E-state index is 8.43. The third-order valence-electron chi connectivity index (χ3n) is 10.4. The molecule has 3 aromatic heterocycles. The first-order valence-electron chi connectivity index (χ1n) is 22.9. The molecule has 0 atom stereocenters. The molecule has 0 unspecified atom stereocenters. The topological polar surface area (TPSA) is 30.7 Å². The van der Waals surface area contributed by atoms with Crippen LogP contribution in [0.4, 0.5) is 0 Å². The zero-order valence-electron chi connectivity index (χ0n) is 40.4. The summed E-state index contributed by atoms with van der Waals surface area (Å²) < 4.78 is 60.4. The monoisotopic (exact) mass is 959 g/mol. The summed E-state index contributed by atoms with van der Waals surface area (Å²) in [5.41, 5.74) is 11.0. The second kappa shape index (κ2) is 17.3. The molecule has 0 bridgehead atoms. The van der Waals surface area contributed by atoms with Crippen LogP contribution in [0.1, 0.15) is 96.7 Å². The number of para-hydroxylation sites is 3. The second-order valence-electron chi connectivity index (χ2n) is 15.2. The van der Waals surface area contributed by atoms with Gasteiger partial charge in [0.05, 0.1) is 16.9 Å². The molecule has 0 N–H and O–H groups in total. The maximum absolute atomic E-state index is 8.43. The van der Waals surface area contributed by atoms with E-state index in [-0.39, 0.29) is 25.7 Å². The quantitative estimate of drug-likeness (QED) is 0.149. The van der Waals surface area contributed by atoms with E-state index >= 15 is 0 Å². The van der Waals surface area contributed by atoms with E-state index in [1.807, 2.05) is 48.5 Å². The summed E-state index contributed by atoms with van der Waals surface area (Å²) in [6.45, 7) is 7.72. The number of aryl methyl sites for hydroxylation is 2. The Morgan fingerprint density at radius 3 is 2.12 bits per heavy atom. The Hall–Kier alpha value is -5.19. The minimum atomic E-state index is -2.28. The minimum Gasteiger partial charge on any atom is -0.333 e. The van der Waals surface area contributed by atoms with E-state index in [0.717, 1.165) is 65.0 Å². The van der Waals surface area contributed by atoms with Gasteiger partial charge in [-0.3, -0.25) is 4.98 Å². The number of aromatic nitrogens is 3. The minimum absolute atomic E-state index is 0. The van der Waals surface area contributed by atoms with E-state index in [9.17, 15) is 0 Å². The van der Waals surface area contributed by atoms with Gasteiger partial charge in [0, 0.05) is 46.3 Å². The van der Waals surface area contributed by atoms with Gasteiger partial charge in [0.15, 0.2) is 0 Å². The fourth-order valence-electron chi connectivity index (χ4n) is 7.56. The van der Waals surface area contributed by atoms with Gasteiger partial charge in [-0.2, -0.15) is 11.3 Å². The van der Waals surface area contributed by atoms with E-state index in [1.54, 1.807) is 43.4 Å². The molecule has 0 saturated heterocycles. The number of rotatable bonds is 7. The van der Waals surface area contributed by atoms with Crippen LogP contribution in [0.5, 0.6) is 0 Å². The van der Waals surface area contributed by atoms with Crippen molar-refractivity contribution in [3.05, 3.63) is 174 Å². The van der Waals surface area contributed by atoms with Gasteiger partial charge in [-0.05, 0) is 91.9 Å². The van der Waals surface area contributed by atoms with Crippen LogP contribution >= 0.6 is 11.3 Å². The first-order valence-corrected chi connectivity index (χ1v) is 20.2. The largest absolute Gasteiger partial charge is 0.333 e. The molecular formula is C53H49IrN3S-2. The molecule has 0 aliphatic rings. The fourth-order valence-corrected chi connectivity index (χ4v) is 8.82. The summed E-state index contributed by atoms with van der Waals surface area (Å²) in [5.74, 6) is 0.356. The van der Waals surface area contributed by atoms with E-state index < -0.39 is 19.6 Å². The maximum Gasteiger partial charge on any atom is 0.0774 e. The van der Waals surface area contributed by atoms with Gasteiger partial charge in [-0.1, -0.05) is 138 Å². The van der Waals surface area contributed by atoms with Crippen molar-refractivity contribution >= 4 is 42.5 Å². The summed E-state index contributed by atoms with van der Waals surface area (Å²) in [7, 11) is 0. The average Bonchev–Trinajstić information content (AvgIpc) is 3.84. The molecule has 5 heteroatoms. The fraction of sp³-hybridized carbons (Fsp3) is 0.208. The third-order valence-corrected chi connectivity index (χ3v) is 11.6. The van der Waals surface area contributed by atoms with Crippen molar-refractivity contribution in [2.45, 2.75) is 73.0 Å². The Labute approximate surface area is 371 Å². The van der Waals surface area contributed by atoms with E-state index in [2.05, 4.69) is 110 Å². The van der Waals surface area contributed by atoms with Crippen LogP contribution < -0.4 is 0 Å². The van der Waals surface area contributed by atoms with Crippen LogP contribution in [-0.4, -0.2) is 14.5 Å². The first kappa shape index (κ1) is 32.7. The standard InChI is InChI=1S/C38H33N2S.C15H16N.Ir/c1-23(2)28-14-11-15-29(24(3)4)36(28)40-33-17-10-9-16-32(33)39-38(40)31-20-18-25(5)35-30-21-19-27(22-34(30)41-37(31)35)26-12-7-6-8-13-26;1-11(2)14-9-15(16-10-12(14)3)13-7-5-4-6-8-13;/h6-19,21-24H,1-5H3;4-7,9-11H,1-3H3;/q2*-1;/i5D3;3D3,11D;. The summed E-state index contributed by atoms with van der Waals surface area (Å²) in [6, 6.07) is 48.7. The van der Waals surface area contributed by atoms with Gasteiger partial charge in [0.25, 0.3) is 0 Å². The Kier molecular flexibility index (Phi) is 9.79. The first-order chi connectivity index (χ1) is 30.3. The van der Waals surface area contributed by atoms with Crippen molar-refractivity contribution in [1.29, 1.82) is 0 Å². The van der Waals surface area contributed by atoms with Gasteiger partial charge in [-0.25, -0.2) is 0 Å². The van der Waals surface area contributed by atoms with E-state index in [4.69, 9.17) is 14.6 Å². The normalized spacial score (nSPS) is 13.8. The van der Waals surface area contributed by atoms with Crippen molar-refractivity contribution < 1.29 is 29.7 Å². The molecule has 58 heavy (non-hydrogen) atoms. The van der Waals surface area contributed by atoms with Crippen molar-refractivity contribution in [2.75, 3.05) is 0 Å². The van der Waals surface area contributed by atoms with Gasteiger partial charge >= 0.3 is 0 Å². The van der Waals surface area contributed by atoms with Crippen LogP contribution in [0.2, 0.25) is 0 Å². The molecule has 0 saturated carbocycles. The third kappa shape index (κ3) is 7.84. The predicted molar refractivity (Wildman–Crippen MR) is 244 cm³/mol. The molecule has 3 heterocycles. The van der Waals surface area contributed by atoms with E-state index in [1.165, 1.54) is 17.3 Å². The number of hydrogen-bond acceptors (Lipinski definition) is 3. The molecule has 1 radical (unpaired) electrons. The molecule has 0 spiro atoms. The molecule has 293 valence electrons. The Morgan fingerprint density at radius 2 is 1.43 bits per heavy atom. The van der Waals surface area contributed by atoms with Crippen molar-refractivity contribution in [2.24, 2.45) is 0 Å². The molecule has 0 fully saturated rings. The smallest absolute Gasteiger partial charge is 0.0774 e. The Morgan fingerprint density at radius 1 is 0.707 bits per heavy atom. The summed E-state index contributed by atoms with van der Waals surface area (Å²) in [6.07, 6.45) is 1.36. The number of hydrogen-bond donors (Lipinski definition) is 0. The van der Waals surface area contributed by atoms with Crippen LogP contribution in [0.25, 0.3) is 70.7 Å². The van der Waals surface area contributed by atoms with Gasteiger partial charge in [-0.15, -0.1) is 53.6 Å². The van der Waals surface area contributed by atoms with Crippen molar-refractivity contribution in [1.82, 2.24) is 14.5 Å². The Bertz CT molecular complexity index is 3100. The number of imidazole rings is 1. The number of pyridine rings is 1. The number of fused-ring (bicyclic) bond motifs is 4. The van der Waals surface area contributed by atoms with Crippen molar-refractivity contribution in [3.63, 3.8) is 0 Å². The molecule has 6 aromatic carbocycles. The van der Waals surface area contributed by atoms with Gasteiger partial charge < -0.3 is 9.55 Å². The molecule has 3 nitrogen and oxygen atoms in total. The molecular weight excluding hydrogens is 903 g/mol. The van der Waals surface area contributed by atoms with E-state index in [0.29, 0.717) is 28.7 Å². The zero-order chi connectivity index (χ0) is 45.7. The van der Waals surface area contributed by atoms with Gasteiger partial charge in [0.2, 0.25) is 0 Å². The summed E-state index contributed by atoms with van der Waals surface area (Å²) in [4.78, 5) is 9.45. The SMILES string of the molecule is [2H]C([2H])([2H])c1c[c-]c(-c2nc3ccccc3n2-c2c(C(C)C)cccc2C(C)C)c2sc3cc(-c4ccccc4)ccc3c12.[2H]C([2H])([2H])c1cnc(-c2[c-]cccc2)cc1C([2H])(C)C.[Ir]. The molecule has 9 rings (SSSR count). The number of thiophene rings is 1. The summed E-state index contributed by atoms with van der Waals surface area (Å²) >= 11 is 1.62. The molecule has 0 aliphatic heterocycles. The Balaban J connectivity index is 0.000000253. The van der Waals surface area contributed by atoms with Crippen LogP contribution in [0.3, 0.4) is 0 Å². The number of nitrogens with zero attached hydrogens (tertiary/aromatic N) is 3. The predicted octanol–water partition coefficient (Wildman–Crippen LogP) is 15.1. The van der Waals surface area contributed by atoms with Crippen LogP contribution in [-0.2, 0) is 20.1 Å². The van der Waals surface area contributed by atoms with Crippen molar-refractivity contribution in [3.8, 4) is 39.5 Å².